The summed E-state index contributed by atoms with van der Waals surface area (Å²) >= 11 is 0. The Hall–Kier alpha value is -3.14. The van der Waals surface area contributed by atoms with Crippen molar-refractivity contribution < 1.29 is 24.3 Å². The first-order valence-electron chi connectivity index (χ1n) is 10.1. The van der Waals surface area contributed by atoms with Crippen LogP contribution in [0.2, 0.25) is 0 Å². The molecule has 10 nitrogen and oxygen atoms in total. The lowest BCUT2D eigenvalue weighted by Crippen LogP contribution is -2.46. The molecule has 0 unspecified atom stereocenters. The molecule has 0 radical (unpaired) electrons. The third-order valence-electron chi connectivity index (χ3n) is 4.61. The third kappa shape index (κ3) is 7.36. The number of nitrogens with zero attached hydrogens (tertiary/aromatic N) is 2. The minimum atomic E-state index is -0.620. The first-order chi connectivity index (χ1) is 14.5. The van der Waals surface area contributed by atoms with E-state index in [2.05, 4.69) is 22.7 Å². The maximum atomic E-state index is 12.6. The molecule has 0 spiro atoms. The molecule has 10 heteroatoms. The van der Waals surface area contributed by atoms with Crippen molar-refractivity contribution in [3.63, 3.8) is 0 Å². The number of hydrogen-bond acceptors (Lipinski definition) is 7. The van der Waals surface area contributed by atoms with Crippen LogP contribution in [0.15, 0.2) is 29.4 Å². The summed E-state index contributed by atoms with van der Waals surface area (Å²) in [5.74, 6) is -0.545. The number of nitrogens with one attached hydrogen (secondary N) is 3. The molecule has 1 aromatic carbocycles. The van der Waals surface area contributed by atoms with Crippen LogP contribution in [-0.4, -0.2) is 55.1 Å². The molecule has 1 aromatic rings. The summed E-state index contributed by atoms with van der Waals surface area (Å²) < 4.78 is 5.07. The number of amides is 3. The second-order valence-electron chi connectivity index (χ2n) is 6.86. The van der Waals surface area contributed by atoms with Gasteiger partial charge in [-0.3, -0.25) is 14.8 Å². The molecule has 0 aromatic heterocycles. The highest BCUT2D eigenvalue weighted by atomic mass is 16.5. The van der Waals surface area contributed by atoms with E-state index in [1.54, 1.807) is 34.8 Å². The standard InChI is InChI=1S/C20H29N5O5/c1-2-3-4-13-30-18(26)9-11-21-20(28)23-17-10-12-25(19(17)27)16-7-5-15(6-8-16)14-22-24-29/h5-8,14,17,24,29H,2-4,9-13H2,1H3,(H2,21,23,28)/t17-/m0/s1. The smallest absolute Gasteiger partial charge is 0.315 e. The minimum Gasteiger partial charge on any atom is -0.466 e. The molecule has 1 saturated heterocycles. The zero-order chi connectivity index (χ0) is 21.8. The second kappa shape index (κ2) is 12.4. The van der Waals surface area contributed by atoms with Gasteiger partial charge in [0.05, 0.1) is 19.2 Å². The molecule has 0 saturated carbocycles. The Morgan fingerprint density at radius 3 is 2.77 bits per heavy atom. The number of unbranched alkanes of at least 4 members (excludes halogenated alkanes) is 2. The fraction of sp³-hybridized carbons (Fsp3) is 0.500. The zero-order valence-corrected chi connectivity index (χ0v) is 17.1. The van der Waals surface area contributed by atoms with Gasteiger partial charge in [0.15, 0.2) is 0 Å². The van der Waals surface area contributed by atoms with Crippen molar-refractivity contribution in [3.8, 4) is 0 Å². The van der Waals surface area contributed by atoms with Gasteiger partial charge in [-0.25, -0.2) is 4.79 Å². The normalized spacial score (nSPS) is 16.0. The minimum absolute atomic E-state index is 0.0890. The molecule has 1 aliphatic heterocycles. The van der Waals surface area contributed by atoms with Gasteiger partial charge in [0.1, 0.15) is 6.04 Å². The number of carbonyl (C=O) groups is 3. The van der Waals surface area contributed by atoms with Gasteiger partial charge in [0, 0.05) is 18.8 Å². The largest absolute Gasteiger partial charge is 0.466 e. The molecule has 30 heavy (non-hydrogen) atoms. The van der Waals surface area contributed by atoms with E-state index in [1.807, 2.05) is 0 Å². The molecular formula is C20H29N5O5. The van der Waals surface area contributed by atoms with Crippen molar-refractivity contribution in [3.05, 3.63) is 29.8 Å². The van der Waals surface area contributed by atoms with Crippen LogP contribution in [-0.2, 0) is 14.3 Å². The summed E-state index contributed by atoms with van der Waals surface area (Å²) in [5, 5.41) is 17.2. The molecule has 2 rings (SSSR count). The SMILES string of the molecule is CCCCCOC(=O)CCNC(=O)N[C@H]1CCN(c2ccc(C=NNO)cc2)C1=O. The quantitative estimate of drug-likeness (QED) is 0.186. The van der Waals surface area contributed by atoms with Gasteiger partial charge in [-0.15, -0.1) is 0 Å². The summed E-state index contributed by atoms with van der Waals surface area (Å²) in [6.07, 6.45) is 4.92. The van der Waals surface area contributed by atoms with Crippen LogP contribution >= 0.6 is 0 Å². The Morgan fingerprint density at radius 2 is 2.07 bits per heavy atom. The molecule has 0 aliphatic carbocycles. The molecule has 1 heterocycles. The third-order valence-corrected chi connectivity index (χ3v) is 4.61. The van der Waals surface area contributed by atoms with Crippen LogP contribution in [0.4, 0.5) is 10.5 Å². The first kappa shape index (κ1) is 23.1. The van der Waals surface area contributed by atoms with Crippen LogP contribution in [0.25, 0.3) is 0 Å². The van der Waals surface area contributed by atoms with E-state index in [-0.39, 0.29) is 24.8 Å². The van der Waals surface area contributed by atoms with Gasteiger partial charge in [0.2, 0.25) is 5.91 Å². The van der Waals surface area contributed by atoms with Crippen LogP contribution < -0.4 is 21.1 Å². The van der Waals surface area contributed by atoms with Crippen LogP contribution in [0.3, 0.4) is 0 Å². The van der Waals surface area contributed by atoms with Crippen molar-refractivity contribution in [1.29, 1.82) is 0 Å². The van der Waals surface area contributed by atoms with E-state index in [0.29, 0.717) is 25.3 Å². The Morgan fingerprint density at radius 1 is 1.30 bits per heavy atom. The topological polar surface area (TPSA) is 132 Å². The molecular weight excluding hydrogens is 390 g/mol. The van der Waals surface area contributed by atoms with E-state index in [4.69, 9.17) is 9.94 Å². The number of anilines is 1. The van der Waals surface area contributed by atoms with Crippen molar-refractivity contribution in [2.24, 2.45) is 5.10 Å². The van der Waals surface area contributed by atoms with Crippen molar-refractivity contribution in [2.75, 3.05) is 24.6 Å². The number of ether oxygens (including phenoxy) is 1. The number of hydrogen-bond donors (Lipinski definition) is 4. The van der Waals surface area contributed by atoms with E-state index in [0.717, 1.165) is 24.8 Å². The summed E-state index contributed by atoms with van der Waals surface area (Å²) in [5.41, 5.74) is 3.15. The summed E-state index contributed by atoms with van der Waals surface area (Å²) in [6, 6.07) is 5.95. The highest BCUT2D eigenvalue weighted by Gasteiger charge is 2.33. The predicted molar refractivity (Wildman–Crippen MR) is 111 cm³/mol. The lowest BCUT2D eigenvalue weighted by Gasteiger charge is -2.17. The number of carbonyl (C=O) groups excluding carboxylic acids is 3. The molecule has 1 fully saturated rings. The fourth-order valence-corrected chi connectivity index (χ4v) is 3.01. The molecule has 1 atom stereocenters. The van der Waals surface area contributed by atoms with E-state index in [1.165, 1.54) is 6.21 Å². The van der Waals surface area contributed by atoms with Gasteiger partial charge in [-0.1, -0.05) is 31.9 Å². The molecule has 3 amide bonds. The lowest BCUT2D eigenvalue weighted by molar-refractivity contribution is -0.143. The van der Waals surface area contributed by atoms with Crippen molar-refractivity contribution in [2.45, 2.75) is 45.1 Å². The molecule has 1 aliphatic rings. The van der Waals surface area contributed by atoms with Crippen LogP contribution in [0.1, 0.15) is 44.6 Å². The second-order valence-corrected chi connectivity index (χ2v) is 6.86. The highest BCUT2D eigenvalue weighted by molar-refractivity contribution is 6.01. The Bertz CT molecular complexity index is 738. The summed E-state index contributed by atoms with van der Waals surface area (Å²) in [4.78, 5) is 37.8. The van der Waals surface area contributed by atoms with Crippen LogP contribution in [0.5, 0.6) is 0 Å². The number of rotatable bonds is 11. The summed E-state index contributed by atoms with van der Waals surface area (Å²) in [6.45, 7) is 3.11. The van der Waals surface area contributed by atoms with E-state index >= 15 is 0 Å². The van der Waals surface area contributed by atoms with Crippen molar-refractivity contribution >= 4 is 29.8 Å². The average Bonchev–Trinajstić information content (AvgIpc) is 3.10. The Labute approximate surface area is 175 Å². The first-order valence-corrected chi connectivity index (χ1v) is 10.1. The van der Waals surface area contributed by atoms with Gasteiger partial charge >= 0.3 is 12.0 Å². The fourth-order valence-electron chi connectivity index (χ4n) is 3.01. The number of hydrazone groups is 1. The van der Waals surface area contributed by atoms with Crippen molar-refractivity contribution in [1.82, 2.24) is 16.2 Å². The van der Waals surface area contributed by atoms with Gasteiger partial charge < -0.3 is 20.3 Å². The Kier molecular flexibility index (Phi) is 9.59. The lowest BCUT2D eigenvalue weighted by atomic mass is 10.2. The predicted octanol–water partition coefficient (Wildman–Crippen LogP) is 1.53. The maximum Gasteiger partial charge on any atom is 0.315 e. The number of esters is 1. The molecule has 0 bridgehead atoms. The number of urea groups is 1. The monoisotopic (exact) mass is 419 g/mol. The summed E-state index contributed by atoms with van der Waals surface area (Å²) in [7, 11) is 0. The molecule has 4 N–H and O–H groups in total. The van der Waals surface area contributed by atoms with Gasteiger partial charge in [-0.05, 0) is 30.5 Å². The Balaban J connectivity index is 1.72. The van der Waals surface area contributed by atoms with E-state index in [9.17, 15) is 14.4 Å². The van der Waals surface area contributed by atoms with Gasteiger partial charge in [-0.2, -0.15) is 10.7 Å². The van der Waals surface area contributed by atoms with Gasteiger partial charge in [0.25, 0.3) is 0 Å². The van der Waals surface area contributed by atoms with E-state index < -0.39 is 12.1 Å². The average molecular weight is 419 g/mol. The zero-order valence-electron chi connectivity index (χ0n) is 17.1. The maximum absolute atomic E-state index is 12.6. The molecule has 164 valence electrons. The number of benzene rings is 1. The highest BCUT2D eigenvalue weighted by Crippen LogP contribution is 2.21. The van der Waals surface area contributed by atoms with Crippen LogP contribution in [0, 0.1) is 0 Å².